The predicted molar refractivity (Wildman–Crippen MR) is 62.6 cm³/mol. The van der Waals surface area contributed by atoms with Crippen LogP contribution in [0.1, 0.15) is 38.5 Å². The lowest BCUT2D eigenvalue weighted by Crippen LogP contribution is -2.79. The van der Waals surface area contributed by atoms with Crippen LogP contribution in [-0.2, 0) is 0 Å². The molecule has 0 aromatic heterocycles. The summed E-state index contributed by atoms with van der Waals surface area (Å²) in [6.45, 7) is 3.45. The fraction of sp³-hybridized carbons (Fsp3) is 0.750. The Bertz CT molecular complexity index is 230. The Morgan fingerprint density at radius 3 is 2.80 bits per heavy atom. The molecule has 2 aliphatic heterocycles. The molecule has 0 radical (unpaired) electrons. The summed E-state index contributed by atoms with van der Waals surface area (Å²) in [7, 11) is 0. The fourth-order valence-electron chi connectivity index (χ4n) is 2.15. The van der Waals surface area contributed by atoms with E-state index in [9.17, 15) is 0 Å². The summed E-state index contributed by atoms with van der Waals surface area (Å²) >= 11 is 0. The standard InChI is InChI=1S/C12H21N3/c1-2-8-13-11(5-1)6-3-7-12-14-9-4-10-15-12/h5,13H,1-4,6-10H2,(H,14,15)/p+1. The van der Waals surface area contributed by atoms with E-state index in [4.69, 9.17) is 0 Å². The van der Waals surface area contributed by atoms with Crippen LogP contribution in [0.25, 0.3) is 0 Å². The highest BCUT2D eigenvalue weighted by atomic mass is 15.0. The second-order valence-corrected chi connectivity index (χ2v) is 4.34. The molecular weight excluding hydrogens is 186 g/mol. The Morgan fingerprint density at radius 2 is 2.07 bits per heavy atom. The van der Waals surface area contributed by atoms with Gasteiger partial charge in [-0.15, -0.1) is 0 Å². The first-order chi connectivity index (χ1) is 7.45. The molecule has 2 rings (SSSR count). The molecule has 2 aliphatic rings. The van der Waals surface area contributed by atoms with Gasteiger partial charge in [0, 0.05) is 25.1 Å². The van der Waals surface area contributed by atoms with Gasteiger partial charge in [0.2, 0.25) is 5.84 Å². The molecule has 0 spiro atoms. The second-order valence-electron chi connectivity index (χ2n) is 4.34. The fourth-order valence-corrected chi connectivity index (χ4v) is 2.15. The van der Waals surface area contributed by atoms with Crippen LogP contribution in [0.2, 0.25) is 0 Å². The molecule has 84 valence electrons. The Labute approximate surface area is 92.0 Å². The summed E-state index contributed by atoms with van der Waals surface area (Å²) in [5.41, 5.74) is 1.46. The van der Waals surface area contributed by atoms with Crippen LogP contribution in [0.3, 0.4) is 0 Å². The van der Waals surface area contributed by atoms with E-state index < -0.39 is 0 Å². The van der Waals surface area contributed by atoms with Gasteiger partial charge >= 0.3 is 0 Å². The van der Waals surface area contributed by atoms with Gasteiger partial charge in [-0.1, -0.05) is 6.08 Å². The average Bonchev–Trinajstić information content (AvgIpc) is 2.32. The molecule has 0 aromatic carbocycles. The van der Waals surface area contributed by atoms with Gasteiger partial charge in [0.05, 0.1) is 13.1 Å². The van der Waals surface area contributed by atoms with Crippen LogP contribution in [-0.4, -0.2) is 25.5 Å². The zero-order chi connectivity index (χ0) is 10.3. The Hall–Kier alpha value is -0.990. The van der Waals surface area contributed by atoms with Crippen molar-refractivity contribution in [2.45, 2.75) is 38.5 Å². The van der Waals surface area contributed by atoms with Gasteiger partial charge in [0.25, 0.3) is 0 Å². The summed E-state index contributed by atoms with van der Waals surface area (Å²) in [6.07, 6.45) is 9.77. The van der Waals surface area contributed by atoms with Gasteiger partial charge < -0.3 is 5.32 Å². The number of amidine groups is 1. The minimum Gasteiger partial charge on any atom is -0.389 e. The summed E-state index contributed by atoms with van der Waals surface area (Å²) in [5, 5.41) is 6.89. The van der Waals surface area contributed by atoms with Crippen LogP contribution in [0, 0.1) is 0 Å². The van der Waals surface area contributed by atoms with Gasteiger partial charge in [0.1, 0.15) is 0 Å². The highest BCUT2D eigenvalue weighted by molar-refractivity contribution is 5.76. The highest BCUT2D eigenvalue weighted by Crippen LogP contribution is 2.10. The number of rotatable bonds is 4. The third-order valence-corrected chi connectivity index (χ3v) is 3.03. The van der Waals surface area contributed by atoms with E-state index in [1.807, 2.05) is 0 Å². The van der Waals surface area contributed by atoms with Crippen molar-refractivity contribution >= 4 is 5.84 Å². The molecule has 0 atom stereocenters. The normalized spacial score (nSPS) is 21.1. The largest absolute Gasteiger partial charge is 0.389 e. The van der Waals surface area contributed by atoms with Crippen molar-refractivity contribution in [1.82, 2.24) is 10.6 Å². The lowest BCUT2D eigenvalue weighted by molar-refractivity contribution is -0.465. The SMILES string of the molecule is C1=C(CCCC2=[NH+]CCCN2)NCCC1. The highest BCUT2D eigenvalue weighted by Gasteiger charge is 2.10. The van der Waals surface area contributed by atoms with E-state index >= 15 is 0 Å². The molecule has 0 fully saturated rings. The third kappa shape index (κ3) is 3.57. The van der Waals surface area contributed by atoms with Crippen LogP contribution in [0.15, 0.2) is 11.8 Å². The minimum atomic E-state index is 1.14. The zero-order valence-corrected chi connectivity index (χ0v) is 9.44. The maximum atomic E-state index is 3.47. The molecule has 15 heavy (non-hydrogen) atoms. The van der Waals surface area contributed by atoms with Crippen LogP contribution in [0.5, 0.6) is 0 Å². The first-order valence-electron chi connectivity index (χ1n) is 6.21. The molecule has 3 heteroatoms. The lowest BCUT2D eigenvalue weighted by Gasteiger charge is -2.15. The van der Waals surface area contributed by atoms with Gasteiger partial charge in [-0.3, -0.25) is 10.3 Å². The minimum absolute atomic E-state index is 1.14. The summed E-state index contributed by atoms with van der Waals surface area (Å²) in [5.74, 6) is 1.35. The Kier molecular flexibility index (Phi) is 4.06. The number of hydrogen-bond donors (Lipinski definition) is 3. The van der Waals surface area contributed by atoms with Crippen molar-refractivity contribution < 1.29 is 4.99 Å². The summed E-state index contributed by atoms with van der Waals surface area (Å²) in [4.78, 5) is 3.42. The molecule has 0 saturated heterocycles. The molecule has 0 unspecified atom stereocenters. The number of allylic oxidation sites excluding steroid dienone is 2. The molecule has 0 saturated carbocycles. The molecule has 2 heterocycles. The topological polar surface area (TPSA) is 38.0 Å². The van der Waals surface area contributed by atoms with Crippen molar-refractivity contribution in [3.63, 3.8) is 0 Å². The first-order valence-corrected chi connectivity index (χ1v) is 6.21. The van der Waals surface area contributed by atoms with E-state index in [0.717, 1.165) is 13.1 Å². The van der Waals surface area contributed by atoms with E-state index in [2.05, 4.69) is 21.7 Å². The maximum Gasteiger partial charge on any atom is 0.242 e. The third-order valence-electron chi connectivity index (χ3n) is 3.03. The van der Waals surface area contributed by atoms with E-state index in [1.54, 1.807) is 0 Å². The van der Waals surface area contributed by atoms with Crippen molar-refractivity contribution in [2.75, 3.05) is 19.6 Å². The van der Waals surface area contributed by atoms with Crippen molar-refractivity contribution in [1.29, 1.82) is 0 Å². The summed E-state index contributed by atoms with van der Waals surface area (Å²) < 4.78 is 0. The lowest BCUT2D eigenvalue weighted by atomic mass is 10.1. The smallest absolute Gasteiger partial charge is 0.242 e. The number of nitrogens with one attached hydrogen (secondary N) is 3. The maximum absolute atomic E-state index is 3.47. The molecule has 0 aromatic rings. The van der Waals surface area contributed by atoms with Crippen molar-refractivity contribution in [3.8, 4) is 0 Å². The van der Waals surface area contributed by atoms with Crippen LogP contribution < -0.4 is 15.6 Å². The Morgan fingerprint density at radius 1 is 1.13 bits per heavy atom. The second kappa shape index (κ2) is 5.79. The van der Waals surface area contributed by atoms with Crippen LogP contribution >= 0.6 is 0 Å². The zero-order valence-electron chi connectivity index (χ0n) is 9.44. The average molecular weight is 208 g/mol. The van der Waals surface area contributed by atoms with Gasteiger partial charge in [-0.25, -0.2) is 0 Å². The predicted octanol–water partition coefficient (Wildman–Crippen LogP) is -0.104. The molecule has 0 bridgehead atoms. The van der Waals surface area contributed by atoms with Crippen molar-refractivity contribution in [2.24, 2.45) is 0 Å². The van der Waals surface area contributed by atoms with E-state index in [1.165, 1.54) is 56.6 Å². The van der Waals surface area contributed by atoms with Gasteiger partial charge in [-0.2, -0.15) is 0 Å². The number of hydrogen-bond acceptors (Lipinski definition) is 2. The molecular formula is C12H22N3+. The Balaban J connectivity index is 1.65. The van der Waals surface area contributed by atoms with Crippen molar-refractivity contribution in [3.05, 3.63) is 11.8 Å². The molecule has 0 aliphatic carbocycles. The van der Waals surface area contributed by atoms with Gasteiger partial charge in [-0.05, 0) is 25.7 Å². The van der Waals surface area contributed by atoms with Gasteiger partial charge in [0.15, 0.2) is 0 Å². The molecule has 3 nitrogen and oxygen atoms in total. The van der Waals surface area contributed by atoms with Crippen LogP contribution in [0.4, 0.5) is 0 Å². The molecule has 0 amide bonds. The monoisotopic (exact) mass is 208 g/mol. The molecule has 3 N–H and O–H groups in total. The van der Waals surface area contributed by atoms with E-state index in [-0.39, 0.29) is 0 Å². The summed E-state index contributed by atoms with van der Waals surface area (Å²) in [6, 6.07) is 0. The quantitative estimate of drug-likeness (QED) is 0.603. The first kappa shape index (κ1) is 10.5. The van der Waals surface area contributed by atoms with E-state index in [0.29, 0.717) is 0 Å².